The summed E-state index contributed by atoms with van der Waals surface area (Å²) >= 11 is 6.18. The minimum absolute atomic E-state index is 0.171. The fourth-order valence-electron chi connectivity index (χ4n) is 1.59. The lowest BCUT2D eigenvalue weighted by Gasteiger charge is -2.13. The van der Waals surface area contributed by atoms with E-state index in [1.54, 1.807) is 10.9 Å². The Morgan fingerprint density at radius 3 is 2.94 bits per heavy atom. The lowest BCUT2D eigenvalue weighted by atomic mass is 10.2. The molecular weight excluding hydrogens is 238 g/mol. The summed E-state index contributed by atoms with van der Waals surface area (Å²) in [5, 5.41) is 16.8. The van der Waals surface area contributed by atoms with Gasteiger partial charge in [0.2, 0.25) is 0 Å². The SMILES string of the molecule is OCCCNc1cccc(Cl)c1-n1cccn1. The quantitative estimate of drug-likeness (QED) is 0.802. The van der Waals surface area contributed by atoms with Crippen LogP contribution in [-0.2, 0) is 0 Å². The van der Waals surface area contributed by atoms with Crippen molar-refractivity contribution < 1.29 is 5.11 Å². The van der Waals surface area contributed by atoms with Crippen LogP contribution in [0, 0.1) is 0 Å². The molecule has 0 aliphatic rings. The molecule has 0 fully saturated rings. The molecule has 0 atom stereocenters. The molecule has 0 unspecified atom stereocenters. The second kappa shape index (κ2) is 5.70. The van der Waals surface area contributed by atoms with Gasteiger partial charge >= 0.3 is 0 Å². The maximum absolute atomic E-state index is 8.77. The number of hydrogen-bond acceptors (Lipinski definition) is 3. The van der Waals surface area contributed by atoms with Gasteiger partial charge in [0.1, 0.15) is 5.69 Å². The van der Waals surface area contributed by atoms with E-state index in [1.807, 2.05) is 30.5 Å². The molecule has 0 aliphatic heterocycles. The van der Waals surface area contributed by atoms with Crippen LogP contribution in [0.4, 0.5) is 5.69 Å². The largest absolute Gasteiger partial charge is 0.396 e. The van der Waals surface area contributed by atoms with E-state index in [4.69, 9.17) is 16.7 Å². The van der Waals surface area contributed by atoms with E-state index in [0.29, 0.717) is 18.0 Å². The van der Waals surface area contributed by atoms with E-state index in [1.165, 1.54) is 0 Å². The molecule has 90 valence electrons. The second-order valence-corrected chi connectivity index (χ2v) is 4.00. The summed E-state index contributed by atoms with van der Waals surface area (Å²) in [6.45, 7) is 0.871. The molecule has 2 aromatic rings. The summed E-state index contributed by atoms with van der Waals surface area (Å²) in [5.41, 5.74) is 1.74. The van der Waals surface area contributed by atoms with Crippen LogP contribution in [0.15, 0.2) is 36.7 Å². The van der Waals surface area contributed by atoms with Crippen LogP contribution < -0.4 is 5.32 Å². The Balaban J connectivity index is 2.29. The molecule has 2 N–H and O–H groups in total. The van der Waals surface area contributed by atoms with Crippen LogP contribution in [0.2, 0.25) is 5.02 Å². The van der Waals surface area contributed by atoms with Crippen molar-refractivity contribution in [2.75, 3.05) is 18.5 Å². The highest BCUT2D eigenvalue weighted by Crippen LogP contribution is 2.27. The number of para-hydroxylation sites is 1. The zero-order valence-corrected chi connectivity index (χ0v) is 10.1. The Labute approximate surface area is 105 Å². The third-order valence-corrected chi connectivity index (χ3v) is 2.68. The van der Waals surface area contributed by atoms with Crippen molar-refractivity contribution in [2.24, 2.45) is 0 Å². The van der Waals surface area contributed by atoms with Crippen LogP contribution in [-0.4, -0.2) is 28.0 Å². The standard InChI is InChI=1S/C12H14ClN3O/c13-10-4-1-5-11(14-6-3-9-17)12(10)16-8-2-7-15-16/h1-2,4-5,7-8,14,17H,3,6,9H2. The van der Waals surface area contributed by atoms with Gasteiger partial charge in [-0.2, -0.15) is 5.10 Å². The van der Waals surface area contributed by atoms with Crippen LogP contribution in [0.1, 0.15) is 6.42 Å². The number of aliphatic hydroxyl groups excluding tert-OH is 1. The van der Waals surface area contributed by atoms with Crippen molar-refractivity contribution >= 4 is 17.3 Å². The highest BCUT2D eigenvalue weighted by atomic mass is 35.5. The summed E-state index contributed by atoms with van der Waals surface area (Å²) in [6.07, 6.45) is 4.25. The summed E-state index contributed by atoms with van der Waals surface area (Å²) in [6, 6.07) is 7.51. The Morgan fingerprint density at radius 2 is 2.24 bits per heavy atom. The molecule has 2 rings (SSSR count). The minimum Gasteiger partial charge on any atom is -0.396 e. The van der Waals surface area contributed by atoms with Crippen molar-refractivity contribution in [1.29, 1.82) is 0 Å². The molecular formula is C12H14ClN3O. The monoisotopic (exact) mass is 251 g/mol. The zero-order valence-electron chi connectivity index (χ0n) is 9.31. The van der Waals surface area contributed by atoms with E-state index >= 15 is 0 Å². The molecule has 0 saturated heterocycles. The van der Waals surface area contributed by atoms with Crippen LogP contribution >= 0.6 is 11.6 Å². The van der Waals surface area contributed by atoms with Crippen LogP contribution in [0.5, 0.6) is 0 Å². The van der Waals surface area contributed by atoms with Crippen molar-refractivity contribution in [3.05, 3.63) is 41.7 Å². The maximum Gasteiger partial charge on any atom is 0.106 e. The molecule has 0 saturated carbocycles. The molecule has 0 spiro atoms. The first-order chi connectivity index (χ1) is 8.33. The van der Waals surface area contributed by atoms with Crippen molar-refractivity contribution in [3.63, 3.8) is 0 Å². The Morgan fingerprint density at radius 1 is 1.35 bits per heavy atom. The van der Waals surface area contributed by atoms with Gasteiger partial charge in [-0.3, -0.25) is 0 Å². The van der Waals surface area contributed by atoms with E-state index in [-0.39, 0.29) is 6.61 Å². The van der Waals surface area contributed by atoms with Gasteiger partial charge in [0.25, 0.3) is 0 Å². The first-order valence-corrected chi connectivity index (χ1v) is 5.84. The first kappa shape index (κ1) is 12.0. The molecule has 4 nitrogen and oxygen atoms in total. The Kier molecular flexibility index (Phi) is 4.01. The van der Waals surface area contributed by atoms with Gasteiger partial charge in [0.15, 0.2) is 0 Å². The number of aliphatic hydroxyl groups is 1. The number of aromatic nitrogens is 2. The van der Waals surface area contributed by atoms with Gasteiger partial charge in [-0.15, -0.1) is 0 Å². The summed E-state index contributed by atoms with van der Waals surface area (Å²) in [5.74, 6) is 0. The van der Waals surface area contributed by atoms with E-state index < -0.39 is 0 Å². The van der Waals surface area contributed by atoms with Gasteiger partial charge in [0.05, 0.1) is 10.7 Å². The van der Waals surface area contributed by atoms with E-state index in [9.17, 15) is 0 Å². The highest BCUT2D eigenvalue weighted by Gasteiger charge is 2.08. The van der Waals surface area contributed by atoms with Gasteiger partial charge in [0, 0.05) is 25.5 Å². The summed E-state index contributed by atoms with van der Waals surface area (Å²) in [4.78, 5) is 0. The molecule has 0 radical (unpaired) electrons. The Hall–Kier alpha value is -1.52. The second-order valence-electron chi connectivity index (χ2n) is 3.59. The average Bonchev–Trinajstić information content (AvgIpc) is 2.83. The van der Waals surface area contributed by atoms with Crippen molar-refractivity contribution in [3.8, 4) is 5.69 Å². The van der Waals surface area contributed by atoms with Gasteiger partial charge in [-0.25, -0.2) is 4.68 Å². The lowest BCUT2D eigenvalue weighted by molar-refractivity contribution is 0.292. The van der Waals surface area contributed by atoms with Gasteiger partial charge < -0.3 is 10.4 Å². The molecule has 0 aliphatic carbocycles. The minimum atomic E-state index is 0.171. The predicted molar refractivity (Wildman–Crippen MR) is 68.8 cm³/mol. The van der Waals surface area contributed by atoms with Crippen LogP contribution in [0.25, 0.3) is 5.69 Å². The van der Waals surface area contributed by atoms with Crippen LogP contribution in [0.3, 0.4) is 0 Å². The Bertz CT molecular complexity index is 471. The predicted octanol–water partition coefficient (Wildman–Crippen LogP) is 2.32. The van der Waals surface area contributed by atoms with Gasteiger partial charge in [-0.1, -0.05) is 17.7 Å². The fraction of sp³-hybridized carbons (Fsp3) is 0.250. The average molecular weight is 252 g/mol. The third kappa shape index (κ3) is 2.78. The first-order valence-electron chi connectivity index (χ1n) is 5.46. The number of anilines is 1. The number of hydrogen-bond donors (Lipinski definition) is 2. The molecule has 0 amide bonds. The number of rotatable bonds is 5. The molecule has 17 heavy (non-hydrogen) atoms. The molecule has 5 heteroatoms. The zero-order chi connectivity index (χ0) is 12.1. The topological polar surface area (TPSA) is 50.1 Å². The number of nitrogens with one attached hydrogen (secondary N) is 1. The third-order valence-electron chi connectivity index (χ3n) is 2.37. The van der Waals surface area contributed by atoms with Crippen molar-refractivity contribution in [1.82, 2.24) is 9.78 Å². The maximum atomic E-state index is 8.77. The van der Waals surface area contributed by atoms with E-state index in [0.717, 1.165) is 11.4 Å². The summed E-state index contributed by atoms with van der Waals surface area (Å²) in [7, 11) is 0. The molecule has 1 heterocycles. The van der Waals surface area contributed by atoms with E-state index in [2.05, 4.69) is 10.4 Å². The van der Waals surface area contributed by atoms with Gasteiger partial charge in [-0.05, 0) is 24.6 Å². The number of halogens is 1. The smallest absolute Gasteiger partial charge is 0.106 e. The normalized spacial score (nSPS) is 10.5. The number of benzene rings is 1. The summed E-state index contributed by atoms with van der Waals surface area (Å²) < 4.78 is 1.73. The van der Waals surface area contributed by atoms with Crippen molar-refractivity contribution in [2.45, 2.75) is 6.42 Å². The number of nitrogens with zero attached hydrogens (tertiary/aromatic N) is 2. The molecule has 1 aromatic carbocycles. The highest BCUT2D eigenvalue weighted by molar-refractivity contribution is 6.33. The molecule has 0 bridgehead atoms. The molecule has 1 aromatic heterocycles. The fourth-order valence-corrected chi connectivity index (χ4v) is 1.86. The lowest BCUT2D eigenvalue weighted by Crippen LogP contribution is -2.07.